The Morgan fingerprint density at radius 1 is 1.12 bits per heavy atom. The quantitative estimate of drug-likeness (QED) is 0.627. The van der Waals surface area contributed by atoms with Crippen molar-refractivity contribution in [2.75, 3.05) is 5.88 Å². The number of halogens is 2. The van der Waals surface area contributed by atoms with Crippen molar-refractivity contribution in [1.29, 1.82) is 0 Å². The van der Waals surface area contributed by atoms with Crippen LogP contribution in [0.2, 0.25) is 0 Å². The highest BCUT2D eigenvalue weighted by atomic mass is 79.9. The molecule has 0 bridgehead atoms. The fraction of sp³-hybridized carbons (Fsp3) is 0.571. The van der Waals surface area contributed by atoms with Gasteiger partial charge in [0.25, 0.3) is 0 Å². The van der Waals surface area contributed by atoms with Crippen LogP contribution in [0.25, 0.3) is 0 Å². The molecule has 2 heteroatoms. The highest BCUT2D eigenvalue weighted by Crippen LogP contribution is 2.20. The van der Waals surface area contributed by atoms with E-state index in [9.17, 15) is 0 Å². The average molecular weight is 304 g/mol. The number of alkyl halides is 1. The highest BCUT2D eigenvalue weighted by Gasteiger charge is 2.09. The van der Waals surface area contributed by atoms with E-state index in [4.69, 9.17) is 11.6 Å². The zero-order valence-corrected chi connectivity index (χ0v) is 12.4. The van der Waals surface area contributed by atoms with Gasteiger partial charge in [0.15, 0.2) is 0 Å². The zero-order chi connectivity index (χ0) is 12.0. The Bertz CT molecular complexity index is 292. The monoisotopic (exact) mass is 302 g/mol. The molecule has 0 fully saturated rings. The molecule has 0 aliphatic rings. The van der Waals surface area contributed by atoms with Gasteiger partial charge in [0, 0.05) is 10.4 Å². The molecule has 0 spiro atoms. The summed E-state index contributed by atoms with van der Waals surface area (Å²) in [6.45, 7) is 4.54. The zero-order valence-electron chi connectivity index (χ0n) is 10.0. The molecule has 1 unspecified atom stereocenters. The summed E-state index contributed by atoms with van der Waals surface area (Å²) in [6, 6.07) is 8.56. The van der Waals surface area contributed by atoms with Crippen molar-refractivity contribution in [2.45, 2.75) is 33.1 Å². The second-order valence-electron chi connectivity index (χ2n) is 4.82. The van der Waals surface area contributed by atoms with Crippen LogP contribution in [0.4, 0.5) is 0 Å². The normalized spacial score (nSPS) is 13.1. The Hall–Kier alpha value is -0.0100. The van der Waals surface area contributed by atoms with E-state index in [0.717, 1.165) is 22.7 Å². The van der Waals surface area contributed by atoms with Crippen LogP contribution in [0.3, 0.4) is 0 Å². The van der Waals surface area contributed by atoms with Crippen LogP contribution < -0.4 is 0 Å². The van der Waals surface area contributed by atoms with Gasteiger partial charge in [-0.1, -0.05) is 48.3 Å². The standard InChI is InChI=1S/C14H20BrCl/c1-11(2)3-4-13(10-16)9-12-5-7-14(15)8-6-12/h5-8,11,13H,3-4,9-10H2,1-2H3. The van der Waals surface area contributed by atoms with E-state index in [-0.39, 0.29) is 0 Å². The Balaban J connectivity index is 2.46. The first-order chi connectivity index (χ1) is 7.61. The molecule has 1 aromatic rings. The summed E-state index contributed by atoms with van der Waals surface area (Å²) in [4.78, 5) is 0. The third-order valence-electron chi connectivity index (χ3n) is 2.81. The summed E-state index contributed by atoms with van der Waals surface area (Å²) >= 11 is 9.48. The number of rotatable bonds is 6. The lowest BCUT2D eigenvalue weighted by Crippen LogP contribution is -2.08. The van der Waals surface area contributed by atoms with Crippen LogP contribution in [-0.2, 0) is 6.42 Å². The van der Waals surface area contributed by atoms with Gasteiger partial charge < -0.3 is 0 Å². The topological polar surface area (TPSA) is 0 Å². The number of hydrogen-bond acceptors (Lipinski definition) is 0. The minimum atomic E-state index is 0.616. The summed E-state index contributed by atoms with van der Waals surface area (Å²) < 4.78 is 1.14. The Kier molecular flexibility index (Phi) is 6.45. The van der Waals surface area contributed by atoms with Gasteiger partial charge in [-0.05, 0) is 42.4 Å². The minimum absolute atomic E-state index is 0.616. The van der Waals surface area contributed by atoms with E-state index >= 15 is 0 Å². The maximum absolute atomic E-state index is 6.02. The molecule has 16 heavy (non-hydrogen) atoms. The minimum Gasteiger partial charge on any atom is -0.126 e. The third-order valence-corrected chi connectivity index (χ3v) is 3.77. The lowest BCUT2D eigenvalue weighted by atomic mass is 9.93. The molecule has 0 aliphatic carbocycles. The van der Waals surface area contributed by atoms with E-state index in [1.54, 1.807) is 0 Å². The van der Waals surface area contributed by atoms with E-state index < -0.39 is 0 Å². The summed E-state index contributed by atoms with van der Waals surface area (Å²) in [6.07, 6.45) is 3.61. The highest BCUT2D eigenvalue weighted by molar-refractivity contribution is 9.10. The van der Waals surface area contributed by atoms with Gasteiger partial charge in [0.1, 0.15) is 0 Å². The Morgan fingerprint density at radius 2 is 1.75 bits per heavy atom. The fourth-order valence-corrected chi connectivity index (χ4v) is 2.28. The van der Waals surface area contributed by atoms with Gasteiger partial charge in [-0.3, -0.25) is 0 Å². The van der Waals surface area contributed by atoms with Crippen molar-refractivity contribution >= 4 is 27.5 Å². The molecule has 1 aromatic carbocycles. The fourth-order valence-electron chi connectivity index (χ4n) is 1.76. The van der Waals surface area contributed by atoms with E-state index in [1.807, 2.05) is 0 Å². The van der Waals surface area contributed by atoms with Crippen molar-refractivity contribution in [3.8, 4) is 0 Å². The van der Waals surface area contributed by atoms with Gasteiger partial charge in [0.2, 0.25) is 0 Å². The van der Waals surface area contributed by atoms with Gasteiger partial charge >= 0.3 is 0 Å². The van der Waals surface area contributed by atoms with Crippen molar-refractivity contribution in [2.24, 2.45) is 11.8 Å². The predicted molar refractivity (Wildman–Crippen MR) is 76.1 cm³/mol. The molecular formula is C14H20BrCl. The van der Waals surface area contributed by atoms with Crippen LogP contribution >= 0.6 is 27.5 Å². The van der Waals surface area contributed by atoms with Gasteiger partial charge in [-0.2, -0.15) is 0 Å². The lowest BCUT2D eigenvalue weighted by molar-refractivity contribution is 0.452. The molecule has 0 aliphatic heterocycles. The molecule has 0 nitrogen and oxygen atoms in total. The van der Waals surface area contributed by atoms with Gasteiger partial charge in [0.05, 0.1) is 0 Å². The van der Waals surface area contributed by atoms with E-state index in [2.05, 4.69) is 54.0 Å². The maximum atomic E-state index is 6.02. The largest absolute Gasteiger partial charge is 0.126 e. The van der Waals surface area contributed by atoms with Crippen LogP contribution in [0.15, 0.2) is 28.7 Å². The van der Waals surface area contributed by atoms with E-state index in [0.29, 0.717) is 5.92 Å². The van der Waals surface area contributed by atoms with Crippen molar-refractivity contribution in [3.05, 3.63) is 34.3 Å². The second-order valence-corrected chi connectivity index (χ2v) is 6.05. The molecule has 0 N–H and O–H groups in total. The molecule has 0 amide bonds. The molecular weight excluding hydrogens is 284 g/mol. The van der Waals surface area contributed by atoms with Crippen molar-refractivity contribution in [3.63, 3.8) is 0 Å². The Labute approximate surface area is 113 Å². The molecule has 90 valence electrons. The van der Waals surface area contributed by atoms with Crippen molar-refractivity contribution < 1.29 is 0 Å². The third kappa shape index (κ3) is 5.36. The predicted octanol–water partition coefficient (Wildman–Crippen LogP) is 5.28. The molecule has 0 radical (unpaired) electrons. The number of hydrogen-bond donors (Lipinski definition) is 0. The molecule has 0 heterocycles. The lowest BCUT2D eigenvalue weighted by Gasteiger charge is -2.15. The SMILES string of the molecule is CC(C)CCC(CCl)Cc1ccc(Br)cc1. The first-order valence-electron chi connectivity index (χ1n) is 5.92. The summed E-state index contributed by atoms with van der Waals surface area (Å²) in [7, 11) is 0. The summed E-state index contributed by atoms with van der Waals surface area (Å²) in [5, 5.41) is 0. The summed E-state index contributed by atoms with van der Waals surface area (Å²) in [5.74, 6) is 2.16. The smallest absolute Gasteiger partial charge is 0.0254 e. The summed E-state index contributed by atoms with van der Waals surface area (Å²) in [5.41, 5.74) is 1.39. The Morgan fingerprint density at radius 3 is 2.25 bits per heavy atom. The van der Waals surface area contributed by atoms with Gasteiger partial charge in [-0.25, -0.2) is 0 Å². The first kappa shape index (κ1) is 14.1. The first-order valence-corrected chi connectivity index (χ1v) is 7.25. The molecule has 0 saturated carbocycles. The van der Waals surface area contributed by atoms with Crippen LogP contribution in [0.1, 0.15) is 32.3 Å². The van der Waals surface area contributed by atoms with Crippen molar-refractivity contribution in [1.82, 2.24) is 0 Å². The van der Waals surface area contributed by atoms with Crippen LogP contribution in [0, 0.1) is 11.8 Å². The van der Waals surface area contributed by atoms with E-state index in [1.165, 1.54) is 18.4 Å². The van der Waals surface area contributed by atoms with Crippen LogP contribution in [0.5, 0.6) is 0 Å². The second kappa shape index (κ2) is 7.34. The number of benzene rings is 1. The molecule has 1 atom stereocenters. The average Bonchev–Trinajstić information content (AvgIpc) is 2.26. The maximum Gasteiger partial charge on any atom is 0.0254 e. The van der Waals surface area contributed by atoms with Gasteiger partial charge in [-0.15, -0.1) is 11.6 Å². The molecule has 0 aromatic heterocycles. The van der Waals surface area contributed by atoms with Crippen LogP contribution in [-0.4, -0.2) is 5.88 Å². The molecule has 1 rings (SSSR count). The molecule has 0 saturated heterocycles.